The van der Waals surface area contributed by atoms with Crippen molar-refractivity contribution in [2.75, 3.05) is 25.5 Å². The van der Waals surface area contributed by atoms with E-state index in [4.69, 9.17) is 0 Å². The Morgan fingerprint density at radius 2 is 1.90 bits per heavy atom. The van der Waals surface area contributed by atoms with Crippen molar-refractivity contribution in [3.05, 3.63) is 83.7 Å². The number of aryl methyl sites for hydroxylation is 2. The Morgan fingerprint density at radius 1 is 0.968 bits per heavy atom. The standard InChI is InChI=1S/C27H30N4/c1-30-14-11-21-15-20(7-8-24(21)19-30)5-3-12-28-27-17-25-16-22(9-10-23(25)18-29-27)26-6-4-13-31(26)2/h4,6-10,13,15-18H,3,5,11-12,14,19H2,1-2H3,(H,28,29). The first-order valence-electron chi connectivity index (χ1n) is 11.2. The van der Waals surface area contributed by atoms with Gasteiger partial charge in [-0.15, -0.1) is 0 Å². The van der Waals surface area contributed by atoms with E-state index < -0.39 is 0 Å². The largest absolute Gasteiger partial charge is 0.370 e. The van der Waals surface area contributed by atoms with Crippen molar-refractivity contribution in [2.24, 2.45) is 7.05 Å². The molecule has 4 heteroatoms. The van der Waals surface area contributed by atoms with Gasteiger partial charge in [0.05, 0.1) is 0 Å². The molecule has 31 heavy (non-hydrogen) atoms. The summed E-state index contributed by atoms with van der Waals surface area (Å²) in [6.45, 7) is 3.17. The molecule has 5 rings (SSSR count). The lowest BCUT2D eigenvalue weighted by molar-refractivity contribution is 0.313. The minimum Gasteiger partial charge on any atom is -0.370 e. The van der Waals surface area contributed by atoms with Gasteiger partial charge in [0.2, 0.25) is 0 Å². The number of anilines is 1. The summed E-state index contributed by atoms with van der Waals surface area (Å²) in [6, 6.07) is 20.0. The molecule has 0 saturated carbocycles. The van der Waals surface area contributed by atoms with E-state index in [1.165, 1.54) is 45.1 Å². The van der Waals surface area contributed by atoms with E-state index >= 15 is 0 Å². The summed E-state index contributed by atoms with van der Waals surface area (Å²) in [5.41, 5.74) is 6.93. The Labute approximate surface area is 184 Å². The van der Waals surface area contributed by atoms with Gasteiger partial charge in [-0.1, -0.05) is 30.3 Å². The van der Waals surface area contributed by atoms with E-state index in [9.17, 15) is 0 Å². The van der Waals surface area contributed by atoms with Crippen LogP contribution in [0.3, 0.4) is 0 Å². The normalized spacial score (nSPS) is 14.0. The monoisotopic (exact) mass is 410 g/mol. The molecule has 0 saturated heterocycles. The molecule has 4 aromatic rings. The first kappa shape index (κ1) is 19.8. The molecule has 0 bridgehead atoms. The van der Waals surface area contributed by atoms with Crippen molar-refractivity contribution in [1.29, 1.82) is 0 Å². The number of nitrogens with one attached hydrogen (secondary N) is 1. The van der Waals surface area contributed by atoms with E-state index in [1.807, 2.05) is 6.20 Å². The van der Waals surface area contributed by atoms with Crippen molar-refractivity contribution in [2.45, 2.75) is 25.8 Å². The summed E-state index contributed by atoms with van der Waals surface area (Å²) >= 11 is 0. The number of hydrogen-bond acceptors (Lipinski definition) is 3. The molecule has 1 N–H and O–H groups in total. The Bertz CT molecular complexity index is 1210. The summed E-state index contributed by atoms with van der Waals surface area (Å²) in [5.74, 6) is 0.949. The highest BCUT2D eigenvalue weighted by atomic mass is 15.1. The van der Waals surface area contributed by atoms with E-state index in [1.54, 1.807) is 0 Å². The van der Waals surface area contributed by atoms with Crippen LogP contribution in [0.2, 0.25) is 0 Å². The van der Waals surface area contributed by atoms with E-state index in [2.05, 4.69) is 94.7 Å². The van der Waals surface area contributed by atoms with Crippen molar-refractivity contribution < 1.29 is 0 Å². The number of rotatable bonds is 6. The second kappa shape index (κ2) is 8.56. The van der Waals surface area contributed by atoms with Crippen LogP contribution in [0.5, 0.6) is 0 Å². The molecule has 1 aliphatic rings. The number of hydrogen-bond donors (Lipinski definition) is 1. The SMILES string of the molecule is CN1CCc2cc(CCCNc3cc4cc(-c5cccn5C)ccc4cn3)ccc2C1. The van der Waals surface area contributed by atoms with Gasteiger partial charge in [-0.2, -0.15) is 0 Å². The van der Waals surface area contributed by atoms with Gasteiger partial charge in [0, 0.05) is 50.2 Å². The van der Waals surface area contributed by atoms with Gasteiger partial charge in [-0.25, -0.2) is 4.98 Å². The molecule has 1 aliphatic heterocycles. The lowest BCUT2D eigenvalue weighted by Crippen LogP contribution is -2.26. The van der Waals surface area contributed by atoms with Crippen molar-refractivity contribution in [3.63, 3.8) is 0 Å². The zero-order chi connectivity index (χ0) is 21.2. The fraction of sp³-hybridized carbons (Fsp3) is 0.296. The highest BCUT2D eigenvalue weighted by molar-refractivity contribution is 5.88. The molecular formula is C27H30N4. The van der Waals surface area contributed by atoms with Gasteiger partial charge in [-0.05, 0) is 78.2 Å². The lowest BCUT2D eigenvalue weighted by Gasteiger charge is -2.25. The number of fused-ring (bicyclic) bond motifs is 2. The minimum atomic E-state index is 0.926. The second-order valence-electron chi connectivity index (χ2n) is 8.76. The maximum Gasteiger partial charge on any atom is 0.126 e. The van der Waals surface area contributed by atoms with Crippen LogP contribution in [0.25, 0.3) is 22.0 Å². The summed E-state index contributed by atoms with van der Waals surface area (Å²) in [4.78, 5) is 7.00. The van der Waals surface area contributed by atoms with Gasteiger partial charge in [-0.3, -0.25) is 0 Å². The topological polar surface area (TPSA) is 33.1 Å². The molecule has 0 atom stereocenters. The Hall–Kier alpha value is -3.11. The first-order chi connectivity index (χ1) is 15.2. The molecule has 0 amide bonds. The molecule has 158 valence electrons. The van der Waals surface area contributed by atoms with Gasteiger partial charge < -0.3 is 14.8 Å². The van der Waals surface area contributed by atoms with Gasteiger partial charge in [0.25, 0.3) is 0 Å². The average molecular weight is 411 g/mol. The predicted octanol–water partition coefficient (Wildman–Crippen LogP) is 5.27. The Morgan fingerprint density at radius 3 is 2.77 bits per heavy atom. The maximum absolute atomic E-state index is 4.61. The summed E-state index contributed by atoms with van der Waals surface area (Å²) < 4.78 is 2.15. The number of nitrogens with zero attached hydrogens (tertiary/aromatic N) is 3. The van der Waals surface area contributed by atoms with Crippen LogP contribution in [-0.2, 0) is 26.4 Å². The van der Waals surface area contributed by atoms with Crippen molar-refractivity contribution >= 4 is 16.6 Å². The highest BCUT2D eigenvalue weighted by Gasteiger charge is 2.13. The van der Waals surface area contributed by atoms with Crippen LogP contribution in [0, 0.1) is 0 Å². The maximum atomic E-state index is 4.61. The fourth-order valence-corrected chi connectivity index (χ4v) is 4.57. The molecule has 2 aromatic heterocycles. The summed E-state index contributed by atoms with van der Waals surface area (Å²) in [7, 11) is 4.28. The number of pyridine rings is 1. The van der Waals surface area contributed by atoms with Crippen LogP contribution in [0.4, 0.5) is 5.82 Å². The molecule has 0 fully saturated rings. The third-order valence-corrected chi connectivity index (χ3v) is 6.38. The molecule has 0 unspecified atom stereocenters. The fourth-order valence-electron chi connectivity index (χ4n) is 4.57. The summed E-state index contributed by atoms with van der Waals surface area (Å²) in [6.07, 6.45) is 7.42. The second-order valence-corrected chi connectivity index (χ2v) is 8.76. The van der Waals surface area contributed by atoms with Crippen LogP contribution in [-0.4, -0.2) is 34.6 Å². The van der Waals surface area contributed by atoms with Gasteiger partial charge in [0.1, 0.15) is 5.82 Å². The highest BCUT2D eigenvalue weighted by Crippen LogP contribution is 2.26. The van der Waals surface area contributed by atoms with Crippen LogP contribution >= 0.6 is 0 Å². The van der Waals surface area contributed by atoms with Crippen LogP contribution < -0.4 is 5.32 Å². The minimum absolute atomic E-state index is 0.926. The molecule has 4 nitrogen and oxygen atoms in total. The first-order valence-corrected chi connectivity index (χ1v) is 11.2. The quantitative estimate of drug-likeness (QED) is 0.440. The van der Waals surface area contributed by atoms with Crippen LogP contribution in [0.15, 0.2) is 67.0 Å². The molecular weight excluding hydrogens is 380 g/mol. The van der Waals surface area contributed by atoms with Gasteiger partial charge in [0.15, 0.2) is 0 Å². The molecule has 0 radical (unpaired) electrons. The third kappa shape index (κ3) is 4.35. The predicted molar refractivity (Wildman–Crippen MR) is 129 cm³/mol. The van der Waals surface area contributed by atoms with E-state index in [0.717, 1.165) is 38.3 Å². The van der Waals surface area contributed by atoms with E-state index in [0.29, 0.717) is 0 Å². The number of benzene rings is 2. The zero-order valence-electron chi connectivity index (χ0n) is 18.4. The zero-order valence-corrected chi connectivity index (χ0v) is 18.4. The molecule has 0 aliphatic carbocycles. The average Bonchev–Trinajstić information content (AvgIpc) is 3.22. The van der Waals surface area contributed by atoms with Crippen LogP contribution in [0.1, 0.15) is 23.1 Å². The third-order valence-electron chi connectivity index (χ3n) is 6.38. The molecule has 3 heterocycles. The van der Waals surface area contributed by atoms with Crippen molar-refractivity contribution in [3.8, 4) is 11.3 Å². The molecule has 2 aromatic carbocycles. The summed E-state index contributed by atoms with van der Waals surface area (Å²) in [5, 5.41) is 5.91. The number of aromatic nitrogens is 2. The van der Waals surface area contributed by atoms with Crippen molar-refractivity contribution in [1.82, 2.24) is 14.5 Å². The molecule has 0 spiro atoms. The van der Waals surface area contributed by atoms with E-state index in [-0.39, 0.29) is 0 Å². The lowest BCUT2D eigenvalue weighted by atomic mass is 9.96. The smallest absolute Gasteiger partial charge is 0.126 e. The Balaban J connectivity index is 1.21. The Kier molecular flexibility index (Phi) is 5.47. The number of likely N-dealkylation sites (N-methyl/N-ethyl adjacent to an activating group) is 1. The van der Waals surface area contributed by atoms with Gasteiger partial charge >= 0.3 is 0 Å².